The molecule has 0 saturated carbocycles. The third-order valence-corrected chi connectivity index (χ3v) is 3.88. The zero-order chi connectivity index (χ0) is 15.4. The van der Waals surface area contributed by atoms with Crippen LogP contribution in [0.3, 0.4) is 0 Å². The number of nitrogens with one attached hydrogen (secondary N) is 1. The Hall–Kier alpha value is -2.22. The maximum atomic E-state index is 10.7. The van der Waals surface area contributed by atoms with Gasteiger partial charge in [0.1, 0.15) is 6.20 Å². The van der Waals surface area contributed by atoms with E-state index in [-0.39, 0.29) is 17.5 Å². The summed E-state index contributed by atoms with van der Waals surface area (Å²) < 4.78 is 0. The summed E-state index contributed by atoms with van der Waals surface area (Å²) in [5, 5.41) is 15.9. The molecule has 8 heteroatoms. The van der Waals surface area contributed by atoms with E-state index in [4.69, 9.17) is 5.73 Å². The Morgan fingerprint density at radius 2 is 2.29 bits per heavy atom. The molecule has 0 spiro atoms. The Balaban J connectivity index is 2.21. The lowest BCUT2D eigenvalue weighted by atomic mass is 10.0. The van der Waals surface area contributed by atoms with E-state index in [0.29, 0.717) is 11.9 Å². The van der Waals surface area contributed by atoms with Gasteiger partial charge in [-0.15, -0.1) is 11.3 Å². The Morgan fingerprint density at radius 3 is 2.81 bits per heavy atom. The minimum Gasteiger partial charge on any atom is -0.378 e. The van der Waals surface area contributed by atoms with E-state index in [9.17, 15) is 10.1 Å². The molecule has 3 N–H and O–H groups in total. The molecule has 112 valence electrons. The molecule has 0 amide bonds. The molecule has 0 aromatic carbocycles. The first-order chi connectivity index (χ1) is 9.97. The standard InChI is InChI=1S/C13H17N5O2S/c1-8(2)6-9(11-4-3-5-21-11)16-13-15-7-10(18(19)20)12(14)17-13/h3-5,7-9H,6H2,1-2H3,(H3,14,15,16,17). The van der Waals surface area contributed by atoms with E-state index in [1.807, 2.05) is 17.5 Å². The Kier molecular flexibility index (Phi) is 4.69. The first-order valence-electron chi connectivity index (χ1n) is 6.54. The number of rotatable bonds is 6. The number of nitrogens with zero attached hydrogens (tertiary/aromatic N) is 3. The molecule has 1 atom stereocenters. The molecular formula is C13H17N5O2S. The van der Waals surface area contributed by atoms with Crippen molar-refractivity contribution in [2.75, 3.05) is 11.1 Å². The number of nitrogens with two attached hydrogens (primary N) is 1. The van der Waals surface area contributed by atoms with Crippen LogP contribution in [0.2, 0.25) is 0 Å². The average molecular weight is 307 g/mol. The number of hydrogen-bond acceptors (Lipinski definition) is 7. The summed E-state index contributed by atoms with van der Waals surface area (Å²) in [6, 6.07) is 4.09. The van der Waals surface area contributed by atoms with E-state index >= 15 is 0 Å². The van der Waals surface area contributed by atoms with Crippen molar-refractivity contribution >= 4 is 28.8 Å². The molecule has 0 aliphatic carbocycles. The van der Waals surface area contributed by atoms with Crippen molar-refractivity contribution < 1.29 is 4.92 Å². The SMILES string of the molecule is CC(C)CC(Nc1ncc([N+](=O)[O-])c(N)n1)c1cccs1. The molecule has 0 radical (unpaired) electrons. The van der Waals surface area contributed by atoms with Crippen molar-refractivity contribution in [1.29, 1.82) is 0 Å². The summed E-state index contributed by atoms with van der Waals surface area (Å²) in [7, 11) is 0. The van der Waals surface area contributed by atoms with Crippen molar-refractivity contribution in [3.63, 3.8) is 0 Å². The normalized spacial score (nSPS) is 12.3. The highest BCUT2D eigenvalue weighted by Crippen LogP contribution is 2.29. The lowest BCUT2D eigenvalue weighted by Gasteiger charge is -2.19. The topological polar surface area (TPSA) is 107 Å². The van der Waals surface area contributed by atoms with Gasteiger partial charge in [0.05, 0.1) is 11.0 Å². The van der Waals surface area contributed by atoms with Crippen molar-refractivity contribution in [1.82, 2.24) is 9.97 Å². The average Bonchev–Trinajstić information content (AvgIpc) is 2.90. The smallest absolute Gasteiger partial charge is 0.329 e. The van der Waals surface area contributed by atoms with Gasteiger partial charge in [0.15, 0.2) is 0 Å². The quantitative estimate of drug-likeness (QED) is 0.626. The molecule has 21 heavy (non-hydrogen) atoms. The molecule has 1 unspecified atom stereocenters. The zero-order valence-corrected chi connectivity index (χ0v) is 12.6. The fourth-order valence-electron chi connectivity index (χ4n) is 1.96. The minimum atomic E-state index is -0.593. The third-order valence-electron chi connectivity index (χ3n) is 2.89. The summed E-state index contributed by atoms with van der Waals surface area (Å²) in [5.41, 5.74) is 5.31. The Morgan fingerprint density at radius 1 is 1.52 bits per heavy atom. The first kappa shape index (κ1) is 15.2. The van der Waals surface area contributed by atoms with Crippen LogP contribution in [0.4, 0.5) is 17.5 Å². The van der Waals surface area contributed by atoms with Crippen LogP contribution in [0, 0.1) is 16.0 Å². The summed E-state index contributed by atoms with van der Waals surface area (Å²) in [4.78, 5) is 19.2. The predicted molar refractivity (Wildman–Crippen MR) is 83.2 cm³/mol. The Labute approximate surface area is 126 Å². The van der Waals surface area contributed by atoms with Crippen LogP contribution in [0.25, 0.3) is 0 Å². The summed E-state index contributed by atoms with van der Waals surface area (Å²) in [6.45, 7) is 4.26. The molecule has 2 aromatic rings. The second-order valence-corrected chi connectivity index (χ2v) is 6.04. The molecule has 0 fully saturated rings. The zero-order valence-electron chi connectivity index (χ0n) is 11.8. The number of nitrogen functional groups attached to an aromatic ring is 1. The van der Waals surface area contributed by atoms with Gasteiger partial charge in [0.2, 0.25) is 11.8 Å². The fourth-order valence-corrected chi connectivity index (χ4v) is 2.75. The molecule has 0 aliphatic heterocycles. The highest BCUT2D eigenvalue weighted by atomic mass is 32.1. The molecule has 2 heterocycles. The lowest BCUT2D eigenvalue weighted by Crippen LogP contribution is -2.15. The number of thiophene rings is 1. The second-order valence-electron chi connectivity index (χ2n) is 5.06. The molecular weight excluding hydrogens is 290 g/mol. The monoisotopic (exact) mass is 307 g/mol. The molecule has 0 bridgehead atoms. The predicted octanol–water partition coefficient (Wildman–Crippen LogP) is 3.23. The molecule has 2 rings (SSSR count). The largest absolute Gasteiger partial charge is 0.378 e. The summed E-state index contributed by atoms with van der Waals surface area (Å²) in [6.07, 6.45) is 2.03. The van der Waals surface area contributed by atoms with E-state index in [2.05, 4.69) is 29.1 Å². The summed E-state index contributed by atoms with van der Waals surface area (Å²) in [5.74, 6) is 0.657. The molecule has 7 nitrogen and oxygen atoms in total. The van der Waals surface area contributed by atoms with E-state index in [1.165, 1.54) is 4.88 Å². The maximum absolute atomic E-state index is 10.7. The van der Waals surface area contributed by atoms with E-state index in [1.54, 1.807) is 11.3 Å². The summed E-state index contributed by atoms with van der Waals surface area (Å²) >= 11 is 1.65. The maximum Gasteiger partial charge on any atom is 0.329 e. The number of anilines is 2. The van der Waals surface area contributed by atoms with Crippen LogP contribution < -0.4 is 11.1 Å². The number of hydrogen-bond donors (Lipinski definition) is 2. The molecule has 0 aliphatic rings. The van der Waals surface area contributed by atoms with Crippen LogP contribution in [-0.4, -0.2) is 14.9 Å². The van der Waals surface area contributed by atoms with E-state index < -0.39 is 4.92 Å². The van der Waals surface area contributed by atoms with Crippen molar-refractivity contribution in [3.05, 3.63) is 38.7 Å². The highest BCUT2D eigenvalue weighted by Gasteiger charge is 2.18. The van der Waals surface area contributed by atoms with Crippen LogP contribution in [-0.2, 0) is 0 Å². The number of nitro groups is 1. The van der Waals surface area contributed by atoms with Crippen LogP contribution in [0.1, 0.15) is 31.2 Å². The number of aromatic nitrogens is 2. The third kappa shape index (κ3) is 3.88. The van der Waals surface area contributed by atoms with Gasteiger partial charge in [0.25, 0.3) is 0 Å². The fraction of sp³-hybridized carbons (Fsp3) is 0.385. The highest BCUT2D eigenvalue weighted by molar-refractivity contribution is 7.10. The lowest BCUT2D eigenvalue weighted by molar-refractivity contribution is -0.384. The van der Waals surface area contributed by atoms with Gasteiger partial charge in [-0.2, -0.15) is 4.98 Å². The van der Waals surface area contributed by atoms with Gasteiger partial charge >= 0.3 is 5.69 Å². The van der Waals surface area contributed by atoms with Gasteiger partial charge < -0.3 is 11.1 Å². The van der Waals surface area contributed by atoms with Gasteiger partial charge in [-0.25, -0.2) is 4.98 Å². The van der Waals surface area contributed by atoms with Gasteiger partial charge in [0, 0.05) is 4.88 Å². The Bertz CT molecular complexity index is 615. The molecule has 0 saturated heterocycles. The van der Waals surface area contributed by atoms with Crippen LogP contribution in [0.5, 0.6) is 0 Å². The minimum absolute atomic E-state index is 0.0610. The van der Waals surface area contributed by atoms with Gasteiger partial charge in [-0.1, -0.05) is 19.9 Å². The van der Waals surface area contributed by atoms with Crippen molar-refractivity contribution in [2.24, 2.45) is 5.92 Å². The molecule has 2 aromatic heterocycles. The van der Waals surface area contributed by atoms with Crippen LogP contribution in [0.15, 0.2) is 23.7 Å². The first-order valence-corrected chi connectivity index (χ1v) is 7.42. The van der Waals surface area contributed by atoms with Crippen molar-refractivity contribution in [3.8, 4) is 0 Å². The van der Waals surface area contributed by atoms with Crippen LogP contribution >= 0.6 is 11.3 Å². The van der Waals surface area contributed by atoms with Gasteiger partial charge in [-0.3, -0.25) is 10.1 Å². The van der Waals surface area contributed by atoms with Gasteiger partial charge in [-0.05, 0) is 23.8 Å². The van der Waals surface area contributed by atoms with E-state index in [0.717, 1.165) is 12.6 Å². The van der Waals surface area contributed by atoms with Crippen molar-refractivity contribution in [2.45, 2.75) is 26.3 Å². The second kappa shape index (κ2) is 6.49.